The van der Waals surface area contributed by atoms with Crippen molar-refractivity contribution in [2.24, 2.45) is 0 Å². The number of aromatic nitrogens is 2. The molecule has 4 rings (SSSR count). The van der Waals surface area contributed by atoms with Gasteiger partial charge in [-0.2, -0.15) is 11.8 Å². The van der Waals surface area contributed by atoms with Gasteiger partial charge in [0.05, 0.1) is 17.1 Å². The number of imidazole rings is 1. The van der Waals surface area contributed by atoms with E-state index in [1.807, 2.05) is 36.4 Å². The van der Waals surface area contributed by atoms with E-state index in [0.717, 1.165) is 29.0 Å². The molecule has 0 spiro atoms. The molecular formula is C29H33N3OS. The van der Waals surface area contributed by atoms with Crippen molar-refractivity contribution in [1.82, 2.24) is 14.9 Å². The number of carbonyl (C=O) groups excluding carboxylic acids is 1. The molecule has 0 aliphatic heterocycles. The molecule has 0 unspecified atom stereocenters. The van der Waals surface area contributed by atoms with Crippen molar-refractivity contribution in [2.45, 2.75) is 45.2 Å². The summed E-state index contributed by atoms with van der Waals surface area (Å²) in [4.78, 5) is 18.3. The molecule has 0 radical (unpaired) electrons. The number of amides is 1. The summed E-state index contributed by atoms with van der Waals surface area (Å²) >= 11 is 1.78. The van der Waals surface area contributed by atoms with Gasteiger partial charge in [-0.25, -0.2) is 4.98 Å². The fourth-order valence-electron chi connectivity index (χ4n) is 4.16. The van der Waals surface area contributed by atoms with Gasteiger partial charge in [0.15, 0.2) is 0 Å². The Labute approximate surface area is 206 Å². The van der Waals surface area contributed by atoms with Crippen LogP contribution in [0.3, 0.4) is 0 Å². The van der Waals surface area contributed by atoms with Crippen LogP contribution in [0.1, 0.15) is 60.5 Å². The molecule has 34 heavy (non-hydrogen) atoms. The van der Waals surface area contributed by atoms with Gasteiger partial charge in [-0.1, -0.05) is 75.4 Å². The highest BCUT2D eigenvalue weighted by atomic mass is 32.2. The molecular weight excluding hydrogens is 438 g/mol. The third-order valence-corrected chi connectivity index (χ3v) is 6.75. The first-order valence-corrected chi connectivity index (χ1v) is 13.2. The van der Waals surface area contributed by atoms with Crippen molar-refractivity contribution in [3.8, 4) is 0 Å². The van der Waals surface area contributed by atoms with Crippen LogP contribution in [0.2, 0.25) is 0 Å². The summed E-state index contributed by atoms with van der Waals surface area (Å²) in [5, 5.41) is 3.29. The third kappa shape index (κ3) is 5.53. The van der Waals surface area contributed by atoms with E-state index in [4.69, 9.17) is 4.98 Å². The maximum absolute atomic E-state index is 13.3. The molecule has 0 aliphatic rings. The maximum Gasteiger partial charge on any atom is 0.251 e. The Balaban J connectivity index is 1.67. The fourth-order valence-corrected chi connectivity index (χ4v) is 4.63. The largest absolute Gasteiger partial charge is 0.342 e. The van der Waals surface area contributed by atoms with E-state index in [9.17, 15) is 4.79 Å². The van der Waals surface area contributed by atoms with E-state index >= 15 is 0 Å². The van der Waals surface area contributed by atoms with Crippen LogP contribution in [-0.4, -0.2) is 27.5 Å². The lowest BCUT2D eigenvalue weighted by molar-refractivity contribution is 0.0933. The SMILES string of the molecule is CSCC[C@@H](NC(=O)c1ccc(C(C)(C)C)cc1)c1nc2ccccc2n1Cc1ccccc1. The molecule has 4 aromatic rings. The molecule has 176 valence electrons. The number of carbonyl (C=O) groups is 1. The number of fused-ring (bicyclic) bond motifs is 1. The average Bonchev–Trinajstić information content (AvgIpc) is 3.20. The van der Waals surface area contributed by atoms with Gasteiger partial charge in [0, 0.05) is 12.1 Å². The second-order valence-corrected chi connectivity index (χ2v) is 10.7. The minimum atomic E-state index is -0.182. The smallest absolute Gasteiger partial charge is 0.251 e. The van der Waals surface area contributed by atoms with Crippen molar-refractivity contribution in [2.75, 3.05) is 12.0 Å². The Morgan fingerprint density at radius 3 is 2.32 bits per heavy atom. The topological polar surface area (TPSA) is 46.9 Å². The minimum Gasteiger partial charge on any atom is -0.342 e. The molecule has 3 aromatic carbocycles. The van der Waals surface area contributed by atoms with Gasteiger partial charge in [0.1, 0.15) is 5.82 Å². The monoisotopic (exact) mass is 471 g/mol. The number of hydrogen-bond donors (Lipinski definition) is 1. The molecule has 1 heterocycles. The summed E-state index contributed by atoms with van der Waals surface area (Å²) in [6.45, 7) is 7.25. The van der Waals surface area contributed by atoms with Crippen LogP contribution in [0.25, 0.3) is 11.0 Å². The molecule has 5 heteroatoms. The first kappa shape index (κ1) is 24.1. The Morgan fingerprint density at radius 2 is 1.65 bits per heavy atom. The number of rotatable bonds is 8. The lowest BCUT2D eigenvalue weighted by atomic mass is 9.86. The van der Waals surface area contributed by atoms with Crippen molar-refractivity contribution in [3.05, 3.63) is 101 Å². The average molecular weight is 472 g/mol. The van der Waals surface area contributed by atoms with Crippen LogP contribution >= 0.6 is 11.8 Å². The van der Waals surface area contributed by atoms with Gasteiger partial charge >= 0.3 is 0 Å². The highest BCUT2D eigenvalue weighted by Crippen LogP contribution is 2.26. The first-order chi connectivity index (χ1) is 16.4. The summed E-state index contributed by atoms with van der Waals surface area (Å²) in [7, 11) is 0. The lowest BCUT2D eigenvalue weighted by Crippen LogP contribution is -2.31. The standard InChI is InChI=1S/C29H33N3OS/c1-29(2,3)23-16-14-22(15-17-23)28(33)31-25(18-19-34-4)27-30-24-12-8-9-13-26(24)32(27)20-21-10-6-5-7-11-21/h5-17,25H,18-20H2,1-4H3,(H,31,33)/t25-/m1/s1. The van der Waals surface area contributed by atoms with Crippen LogP contribution in [0.5, 0.6) is 0 Å². The molecule has 1 N–H and O–H groups in total. The molecule has 0 bridgehead atoms. The van der Waals surface area contributed by atoms with E-state index in [2.05, 4.69) is 79.4 Å². The van der Waals surface area contributed by atoms with Crippen LogP contribution in [0.15, 0.2) is 78.9 Å². The summed E-state index contributed by atoms with van der Waals surface area (Å²) in [5.74, 6) is 1.77. The van der Waals surface area contributed by atoms with E-state index in [1.54, 1.807) is 11.8 Å². The van der Waals surface area contributed by atoms with Crippen LogP contribution in [0.4, 0.5) is 0 Å². The highest BCUT2D eigenvalue weighted by Gasteiger charge is 2.23. The number of benzene rings is 3. The van der Waals surface area contributed by atoms with Gasteiger partial charge in [0.2, 0.25) is 0 Å². The molecule has 0 saturated heterocycles. The number of nitrogens with zero attached hydrogens (tertiary/aromatic N) is 2. The van der Waals surface area contributed by atoms with E-state index in [0.29, 0.717) is 12.1 Å². The molecule has 0 saturated carbocycles. The predicted molar refractivity (Wildman–Crippen MR) is 144 cm³/mol. The number of nitrogens with one attached hydrogen (secondary N) is 1. The van der Waals surface area contributed by atoms with E-state index in [1.165, 1.54) is 11.1 Å². The summed E-state index contributed by atoms with van der Waals surface area (Å²) in [5.41, 5.74) is 5.18. The molecule has 1 atom stereocenters. The summed E-state index contributed by atoms with van der Waals surface area (Å²) in [6, 6.07) is 26.4. The van der Waals surface area contributed by atoms with Crippen LogP contribution < -0.4 is 5.32 Å². The summed E-state index contributed by atoms with van der Waals surface area (Å²) in [6.07, 6.45) is 2.90. The van der Waals surface area contributed by atoms with Gasteiger partial charge in [0.25, 0.3) is 5.91 Å². The molecule has 1 aromatic heterocycles. The maximum atomic E-state index is 13.3. The van der Waals surface area contributed by atoms with Crippen molar-refractivity contribution >= 4 is 28.7 Å². The van der Waals surface area contributed by atoms with Crippen molar-refractivity contribution in [3.63, 3.8) is 0 Å². The molecule has 4 nitrogen and oxygen atoms in total. The zero-order valence-electron chi connectivity index (χ0n) is 20.4. The quantitative estimate of drug-likeness (QED) is 0.315. The first-order valence-electron chi connectivity index (χ1n) is 11.8. The number of para-hydroxylation sites is 2. The lowest BCUT2D eigenvalue weighted by Gasteiger charge is -2.21. The van der Waals surface area contributed by atoms with Crippen LogP contribution in [0, 0.1) is 0 Å². The van der Waals surface area contributed by atoms with Gasteiger partial charge in [-0.3, -0.25) is 4.79 Å². The Kier molecular flexibility index (Phi) is 7.42. The second kappa shape index (κ2) is 10.5. The number of thioether (sulfide) groups is 1. The molecule has 0 aliphatic carbocycles. The third-order valence-electron chi connectivity index (χ3n) is 6.11. The van der Waals surface area contributed by atoms with Gasteiger partial charge in [-0.15, -0.1) is 0 Å². The Hall–Kier alpha value is -3.05. The van der Waals surface area contributed by atoms with Gasteiger partial charge < -0.3 is 9.88 Å². The van der Waals surface area contributed by atoms with E-state index < -0.39 is 0 Å². The van der Waals surface area contributed by atoms with Crippen molar-refractivity contribution < 1.29 is 4.79 Å². The van der Waals surface area contributed by atoms with Crippen molar-refractivity contribution in [1.29, 1.82) is 0 Å². The zero-order chi connectivity index (χ0) is 24.1. The Morgan fingerprint density at radius 1 is 0.971 bits per heavy atom. The minimum absolute atomic E-state index is 0.0538. The zero-order valence-corrected chi connectivity index (χ0v) is 21.2. The highest BCUT2D eigenvalue weighted by molar-refractivity contribution is 7.98. The fraction of sp³-hybridized carbons (Fsp3) is 0.310. The second-order valence-electron chi connectivity index (χ2n) is 9.67. The predicted octanol–water partition coefficient (Wildman–Crippen LogP) is 6.61. The van der Waals surface area contributed by atoms with E-state index in [-0.39, 0.29) is 17.4 Å². The van der Waals surface area contributed by atoms with Crippen LogP contribution in [-0.2, 0) is 12.0 Å². The Bertz CT molecular complexity index is 1240. The molecule has 1 amide bonds. The van der Waals surface area contributed by atoms with Gasteiger partial charge in [-0.05, 0) is 59.2 Å². The number of hydrogen-bond acceptors (Lipinski definition) is 3. The summed E-state index contributed by atoms with van der Waals surface area (Å²) < 4.78 is 2.25. The normalized spacial score (nSPS) is 12.6. The molecule has 0 fully saturated rings.